The van der Waals surface area contributed by atoms with Crippen LogP contribution < -0.4 is 0 Å². The van der Waals surface area contributed by atoms with Gasteiger partial charge in [-0.15, -0.1) is 10.2 Å². The second kappa shape index (κ2) is 11.7. The number of aromatic nitrogens is 6. The van der Waals surface area contributed by atoms with Gasteiger partial charge in [0.05, 0.1) is 23.5 Å². The molecule has 4 heterocycles. The standard InChI is InChI=1S/C25H39N11O4/c1-24(2,3)39-22(37)33-11-7-17(8-12-33)35-15-19(27-31-35)21(29-30-26)20-16-36(32-28-20)18-9-13-34(14-10-18)23(38)40-25(4,5)6/h15-18,21H,7-14H2,1-6H3. The van der Waals surface area contributed by atoms with Gasteiger partial charge >= 0.3 is 12.2 Å². The van der Waals surface area contributed by atoms with Gasteiger partial charge in [-0.1, -0.05) is 15.5 Å². The van der Waals surface area contributed by atoms with E-state index in [0.29, 0.717) is 63.3 Å². The van der Waals surface area contributed by atoms with Crippen molar-refractivity contribution < 1.29 is 19.1 Å². The normalized spacial score (nSPS) is 17.6. The van der Waals surface area contributed by atoms with Crippen molar-refractivity contribution >= 4 is 12.2 Å². The Hall–Kier alpha value is -3.87. The van der Waals surface area contributed by atoms with E-state index in [2.05, 4.69) is 30.7 Å². The first kappa shape index (κ1) is 29.1. The van der Waals surface area contributed by atoms with Crippen molar-refractivity contribution in [1.82, 2.24) is 39.8 Å². The molecule has 0 saturated carbocycles. The molecule has 2 saturated heterocycles. The van der Waals surface area contributed by atoms with E-state index in [-0.39, 0.29) is 24.3 Å². The van der Waals surface area contributed by atoms with Gasteiger partial charge in [0.1, 0.15) is 17.2 Å². The zero-order valence-corrected chi connectivity index (χ0v) is 24.1. The number of nitrogens with zero attached hydrogens (tertiary/aromatic N) is 11. The van der Waals surface area contributed by atoms with Gasteiger partial charge in [-0.2, -0.15) is 0 Å². The molecular weight excluding hydrogens is 518 g/mol. The van der Waals surface area contributed by atoms with E-state index in [1.807, 2.05) is 41.5 Å². The highest BCUT2D eigenvalue weighted by molar-refractivity contribution is 5.68. The van der Waals surface area contributed by atoms with Gasteiger partial charge in [0.15, 0.2) is 0 Å². The Labute approximate surface area is 233 Å². The van der Waals surface area contributed by atoms with Gasteiger partial charge in [0.2, 0.25) is 0 Å². The average molecular weight is 558 g/mol. The van der Waals surface area contributed by atoms with E-state index in [4.69, 9.17) is 9.47 Å². The quantitative estimate of drug-likeness (QED) is 0.296. The van der Waals surface area contributed by atoms with Gasteiger partial charge in [0.25, 0.3) is 0 Å². The number of carbonyl (C=O) groups is 2. The molecular formula is C25H39N11O4. The fraction of sp³-hybridized carbons (Fsp3) is 0.760. The Morgan fingerprint density at radius 3 is 1.52 bits per heavy atom. The minimum atomic E-state index is -0.781. The first-order valence-corrected chi connectivity index (χ1v) is 13.7. The molecule has 2 amide bonds. The second-order valence-corrected chi connectivity index (χ2v) is 12.3. The van der Waals surface area contributed by atoms with Crippen LogP contribution in [0.25, 0.3) is 10.4 Å². The van der Waals surface area contributed by atoms with Crippen molar-refractivity contribution in [1.29, 1.82) is 0 Å². The molecule has 2 aliphatic heterocycles. The summed E-state index contributed by atoms with van der Waals surface area (Å²) in [6.45, 7) is 13.3. The van der Waals surface area contributed by atoms with Crippen LogP contribution in [0.15, 0.2) is 17.5 Å². The van der Waals surface area contributed by atoms with Crippen LogP contribution in [0.3, 0.4) is 0 Å². The minimum Gasteiger partial charge on any atom is -0.444 e. The first-order chi connectivity index (χ1) is 18.8. The molecule has 2 fully saturated rings. The van der Waals surface area contributed by atoms with Crippen LogP contribution in [0.1, 0.15) is 96.7 Å². The molecule has 0 radical (unpaired) electrons. The van der Waals surface area contributed by atoms with Gasteiger partial charge in [-0.05, 0) is 72.8 Å². The first-order valence-electron chi connectivity index (χ1n) is 13.7. The highest BCUT2D eigenvalue weighted by atomic mass is 16.6. The third-order valence-corrected chi connectivity index (χ3v) is 6.76. The Balaban J connectivity index is 1.37. The van der Waals surface area contributed by atoms with Crippen LogP contribution in [0.5, 0.6) is 0 Å². The largest absolute Gasteiger partial charge is 0.444 e. The summed E-state index contributed by atoms with van der Waals surface area (Å²) in [6.07, 6.45) is 5.72. The maximum absolute atomic E-state index is 12.4. The zero-order valence-electron chi connectivity index (χ0n) is 24.1. The molecule has 0 bridgehead atoms. The third-order valence-electron chi connectivity index (χ3n) is 6.76. The summed E-state index contributed by atoms with van der Waals surface area (Å²) in [5.74, 6) is 0. The van der Waals surface area contributed by atoms with Crippen molar-refractivity contribution in [2.45, 2.75) is 96.6 Å². The van der Waals surface area contributed by atoms with Crippen LogP contribution in [-0.4, -0.2) is 89.4 Å². The monoisotopic (exact) mass is 557 g/mol. The van der Waals surface area contributed by atoms with E-state index in [9.17, 15) is 15.1 Å². The number of rotatable bonds is 5. The number of hydrogen-bond donors (Lipinski definition) is 0. The van der Waals surface area contributed by atoms with E-state index in [1.165, 1.54) is 0 Å². The Morgan fingerprint density at radius 2 is 1.20 bits per heavy atom. The molecule has 0 N–H and O–H groups in total. The van der Waals surface area contributed by atoms with E-state index >= 15 is 0 Å². The summed E-state index contributed by atoms with van der Waals surface area (Å²) in [5.41, 5.74) is 9.11. The summed E-state index contributed by atoms with van der Waals surface area (Å²) < 4.78 is 14.5. The lowest BCUT2D eigenvalue weighted by Crippen LogP contribution is -2.42. The van der Waals surface area contributed by atoms with Crippen LogP contribution in [0.2, 0.25) is 0 Å². The lowest BCUT2D eigenvalue weighted by atomic mass is 10.1. The zero-order chi connectivity index (χ0) is 29.1. The summed E-state index contributed by atoms with van der Waals surface area (Å²) in [7, 11) is 0. The number of carbonyl (C=O) groups excluding carboxylic acids is 2. The van der Waals surface area contributed by atoms with Crippen molar-refractivity contribution in [2.24, 2.45) is 5.11 Å². The van der Waals surface area contributed by atoms with Crippen LogP contribution >= 0.6 is 0 Å². The summed E-state index contributed by atoms with van der Waals surface area (Å²) >= 11 is 0. The van der Waals surface area contributed by atoms with Gasteiger partial charge in [-0.25, -0.2) is 19.0 Å². The SMILES string of the molecule is CC(C)(C)OC(=O)N1CCC(n2cc(C(N=[N+]=[N-])c3cn(C4CCN(C(=O)OC(C)(C)C)CC4)nn3)nn2)CC1. The predicted molar refractivity (Wildman–Crippen MR) is 143 cm³/mol. The summed E-state index contributed by atoms with van der Waals surface area (Å²) in [4.78, 5) is 31.2. The Bertz CT molecular complexity index is 1140. The smallest absolute Gasteiger partial charge is 0.410 e. The number of likely N-dealkylation sites (tertiary alicyclic amines) is 2. The van der Waals surface area contributed by atoms with E-state index in [1.54, 1.807) is 31.6 Å². The molecule has 0 aliphatic carbocycles. The minimum absolute atomic E-state index is 0.0532. The van der Waals surface area contributed by atoms with Crippen LogP contribution in [0, 0.1) is 0 Å². The summed E-state index contributed by atoms with van der Waals surface area (Å²) in [6, 6.07) is -0.675. The molecule has 0 unspecified atom stereocenters. The van der Waals surface area contributed by atoms with Crippen molar-refractivity contribution in [3.8, 4) is 0 Å². The maximum Gasteiger partial charge on any atom is 0.410 e. The van der Waals surface area contributed by atoms with E-state index < -0.39 is 17.2 Å². The molecule has 2 aromatic rings. The van der Waals surface area contributed by atoms with Crippen molar-refractivity contribution in [3.63, 3.8) is 0 Å². The highest BCUT2D eigenvalue weighted by Crippen LogP contribution is 2.29. The molecule has 4 rings (SSSR count). The lowest BCUT2D eigenvalue weighted by molar-refractivity contribution is 0.0174. The number of hydrogen-bond acceptors (Lipinski definition) is 9. The lowest BCUT2D eigenvalue weighted by Gasteiger charge is -2.33. The second-order valence-electron chi connectivity index (χ2n) is 12.3. The summed E-state index contributed by atoms with van der Waals surface area (Å²) in [5, 5.41) is 21.1. The topological polar surface area (TPSA) is 169 Å². The van der Waals surface area contributed by atoms with Crippen molar-refractivity contribution in [3.05, 3.63) is 34.2 Å². The molecule has 0 atom stereocenters. The molecule has 15 heteroatoms. The van der Waals surface area contributed by atoms with Gasteiger partial charge in [0, 0.05) is 43.5 Å². The Kier molecular flexibility index (Phi) is 8.52. The average Bonchev–Trinajstić information content (AvgIpc) is 3.56. The number of piperidine rings is 2. The number of ether oxygens (including phenoxy) is 2. The third kappa shape index (κ3) is 7.40. The fourth-order valence-electron chi connectivity index (χ4n) is 4.79. The maximum atomic E-state index is 12.4. The van der Waals surface area contributed by atoms with Crippen LogP contribution in [-0.2, 0) is 9.47 Å². The van der Waals surface area contributed by atoms with Crippen LogP contribution in [0.4, 0.5) is 9.59 Å². The number of azide groups is 1. The molecule has 15 nitrogen and oxygen atoms in total. The molecule has 0 spiro atoms. The fourth-order valence-corrected chi connectivity index (χ4v) is 4.79. The molecule has 0 aromatic carbocycles. The number of amides is 2. The Morgan fingerprint density at radius 1 is 0.825 bits per heavy atom. The van der Waals surface area contributed by atoms with Gasteiger partial charge < -0.3 is 19.3 Å². The van der Waals surface area contributed by atoms with Crippen molar-refractivity contribution in [2.75, 3.05) is 26.2 Å². The predicted octanol–water partition coefficient (Wildman–Crippen LogP) is 4.41. The molecule has 2 aromatic heterocycles. The molecule has 2 aliphatic rings. The highest BCUT2D eigenvalue weighted by Gasteiger charge is 2.31. The van der Waals surface area contributed by atoms with Gasteiger partial charge in [-0.3, -0.25) is 0 Å². The molecule has 40 heavy (non-hydrogen) atoms. The molecule has 218 valence electrons. The van der Waals surface area contributed by atoms with E-state index in [0.717, 1.165) is 0 Å².